The molecule has 120 valence electrons. The van der Waals surface area contributed by atoms with Gasteiger partial charge < -0.3 is 9.47 Å². The molecular weight excluding hydrogens is 292 g/mol. The molecule has 0 aromatic heterocycles. The molecule has 0 aliphatic carbocycles. The van der Waals surface area contributed by atoms with Gasteiger partial charge in [0.1, 0.15) is 11.5 Å². The molecule has 1 amide bonds. The molecule has 0 atom stereocenters. The van der Waals surface area contributed by atoms with Crippen LogP contribution in [0.5, 0.6) is 11.5 Å². The molecule has 0 aliphatic rings. The Morgan fingerprint density at radius 1 is 1.00 bits per heavy atom. The molecule has 0 saturated carbocycles. The van der Waals surface area contributed by atoms with Gasteiger partial charge in [-0.3, -0.25) is 4.79 Å². The van der Waals surface area contributed by atoms with Crippen LogP contribution in [0.4, 0.5) is 0 Å². The Balaban J connectivity index is 2.01. The van der Waals surface area contributed by atoms with E-state index in [4.69, 9.17) is 9.47 Å². The van der Waals surface area contributed by atoms with Crippen LogP contribution in [0, 0.1) is 0 Å². The van der Waals surface area contributed by atoms with Crippen molar-refractivity contribution >= 4 is 11.6 Å². The highest BCUT2D eigenvalue weighted by atomic mass is 16.5. The normalized spacial score (nSPS) is 11.0. The maximum Gasteiger partial charge on any atom is 0.271 e. The number of nitrogens with one attached hydrogen (secondary N) is 1. The Labute approximate surface area is 135 Å². The Bertz CT molecular complexity index is 676. The van der Waals surface area contributed by atoms with E-state index in [1.165, 1.54) is 0 Å². The fraction of sp³-hybridized carbons (Fsp3) is 0.222. The standard InChI is InChI=1S/C18H20N2O3/c1-4-23-17-11-5-14(6-12-17)13(2)19-20-18(21)15-7-9-16(22-3)10-8-15/h5-12H,4H2,1-3H3,(H,20,21)/b19-13+. The van der Waals surface area contributed by atoms with Crippen LogP contribution in [-0.4, -0.2) is 25.3 Å². The van der Waals surface area contributed by atoms with Gasteiger partial charge >= 0.3 is 0 Å². The summed E-state index contributed by atoms with van der Waals surface area (Å²) in [6, 6.07) is 14.4. The Kier molecular flexibility index (Phi) is 5.74. The van der Waals surface area contributed by atoms with Crippen molar-refractivity contribution in [2.24, 2.45) is 5.10 Å². The van der Waals surface area contributed by atoms with Crippen molar-refractivity contribution in [3.63, 3.8) is 0 Å². The molecular formula is C18H20N2O3. The van der Waals surface area contributed by atoms with Gasteiger partial charge in [0.15, 0.2) is 0 Å². The van der Waals surface area contributed by atoms with Gasteiger partial charge in [-0.05, 0) is 67.9 Å². The summed E-state index contributed by atoms with van der Waals surface area (Å²) in [6.45, 7) is 4.41. The molecule has 1 N–H and O–H groups in total. The zero-order valence-corrected chi connectivity index (χ0v) is 13.5. The second kappa shape index (κ2) is 7.98. The third-order valence-corrected chi connectivity index (χ3v) is 3.26. The lowest BCUT2D eigenvalue weighted by atomic mass is 10.1. The number of carbonyl (C=O) groups excluding carboxylic acids is 1. The SMILES string of the molecule is CCOc1ccc(/C(C)=N/NC(=O)c2ccc(OC)cc2)cc1. The van der Waals surface area contributed by atoms with E-state index in [0.29, 0.717) is 17.9 Å². The van der Waals surface area contributed by atoms with Crippen molar-refractivity contribution in [1.29, 1.82) is 0 Å². The number of nitrogens with zero attached hydrogens (tertiary/aromatic N) is 1. The van der Waals surface area contributed by atoms with Gasteiger partial charge in [-0.15, -0.1) is 0 Å². The molecule has 5 nitrogen and oxygen atoms in total. The second-order valence-electron chi connectivity index (χ2n) is 4.82. The summed E-state index contributed by atoms with van der Waals surface area (Å²) in [6.07, 6.45) is 0. The first-order valence-electron chi connectivity index (χ1n) is 7.36. The van der Waals surface area contributed by atoms with Crippen LogP contribution in [0.25, 0.3) is 0 Å². The van der Waals surface area contributed by atoms with Crippen LogP contribution in [0.3, 0.4) is 0 Å². The first-order valence-corrected chi connectivity index (χ1v) is 7.36. The minimum atomic E-state index is -0.266. The molecule has 0 bridgehead atoms. The van der Waals surface area contributed by atoms with E-state index in [-0.39, 0.29) is 5.91 Å². The van der Waals surface area contributed by atoms with Crippen molar-refractivity contribution in [3.05, 3.63) is 59.7 Å². The van der Waals surface area contributed by atoms with E-state index < -0.39 is 0 Å². The summed E-state index contributed by atoms with van der Waals surface area (Å²) in [7, 11) is 1.58. The van der Waals surface area contributed by atoms with Crippen molar-refractivity contribution in [1.82, 2.24) is 5.43 Å². The van der Waals surface area contributed by atoms with E-state index in [1.807, 2.05) is 38.1 Å². The summed E-state index contributed by atoms with van der Waals surface area (Å²) in [5.41, 5.74) is 4.71. The van der Waals surface area contributed by atoms with Gasteiger partial charge in [-0.1, -0.05) is 0 Å². The van der Waals surface area contributed by atoms with Crippen molar-refractivity contribution in [2.45, 2.75) is 13.8 Å². The molecule has 2 aromatic carbocycles. The Morgan fingerprint density at radius 3 is 2.13 bits per heavy atom. The third kappa shape index (κ3) is 4.57. The Hall–Kier alpha value is -2.82. The van der Waals surface area contributed by atoms with Gasteiger partial charge in [0.25, 0.3) is 5.91 Å². The van der Waals surface area contributed by atoms with E-state index in [2.05, 4.69) is 10.5 Å². The van der Waals surface area contributed by atoms with Crippen molar-refractivity contribution in [3.8, 4) is 11.5 Å². The first kappa shape index (κ1) is 16.5. The van der Waals surface area contributed by atoms with Gasteiger partial charge in [0.2, 0.25) is 0 Å². The summed E-state index contributed by atoms with van der Waals surface area (Å²) in [4.78, 5) is 12.0. The van der Waals surface area contributed by atoms with Gasteiger partial charge in [-0.2, -0.15) is 5.10 Å². The fourth-order valence-electron chi connectivity index (χ4n) is 1.97. The number of methoxy groups -OCH3 is 1. The molecule has 2 aromatic rings. The number of hydrogen-bond donors (Lipinski definition) is 1. The molecule has 0 spiro atoms. The van der Waals surface area contributed by atoms with Crippen LogP contribution < -0.4 is 14.9 Å². The molecule has 0 heterocycles. The maximum absolute atomic E-state index is 12.0. The predicted octanol–water partition coefficient (Wildman–Crippen LogP) is 3.25. The highest BCUT2D eigenvalue weighted by Gasteiger charge is 2.05. The molecule has 5 heteroatoms. The van der Waals surface area contributed by atoms with Gasteiger partial charge in [0, 0.05) is 5.56 Å². The van der Waals surface area contributed by atoms with Crippen LogP contribution >= 0.6 is 0 Å². The number of amides is 1. The highest BCUT2D eigenvalue weighted by Crippen LogP contribution is 2.13. The van der Waals surface area contributed by atoms with Gasteiger partial charge in [0.05, 0.1) is 19.4 Å². The minimum Gasteiger partial charge on any atom is -0.497 e. The average molecular weight is 312 g/mol. The van der Waals surface area contributed by atoms with Crippen molar-refractivity contribution < 1.29 is 14.3 Å². The minimum absolute atomic E-state index is 0.266. The van der Waals surface area contributed by atoms with Crippen LogP contribution in [0.2, 0.25) is 0 Å². The predicted molar refractivity (Wildman–Crippen MR) is 90.3 cm³/mol. The molecule has 0 aliphatic heterocycles. The van der Waals surface area contributed by atoms with Crippen LogP contribution in [0.1, 0.15) is 29.8 Å². The summed E-state index contributed by atoms with van der Waals surface area (Å²) in [5.74, 6) is 1.25. The summed E-state index contributed by atoms with van der Waals surface area (Å²) in [5, 5.41) is 4.13. The van der Waals surface area contributed by atoms with E-state index in [1.54, 1.807) is 31.4 Å². The number of benzene rings is 2. The number of rotatable bonds is 6. The molecule has 0 saturated heterocycles. The summed E-state index contributed by atoms with van der Waals surface area (Å²) < 4.78 is 10.5. The summed E-state index contributed by atoms with van der Waals surface area (Å²) >= 11 is 0. The number of hydrogen-bond acceptors (Lipinski definition) is 4. The van der Waals surface area contributed by atoms with E-state index in [9.17, 15) is 4.79 Å². The molecule has 0 unspecified atom stereocenters. The third-order valence-electron chi connectivity index (χ3n) is 3.26. The fourth-order valence-corrected chi connectivity index (χ4v) is 1.97. The molecule has 0 fully saturated rings. The lowest BCUT2D eigenvalue weighted by Crippen LogP contribution is -2.19. The monoisotopic (exact) mass is 312 g/mol. The maximum atomic E-state index is 12.0. The van der Waals surface area contributed by atoms with E-state index in [0.717, 1.165) is 17.0 Å². The van der Waals surface area contributed by atoms with Crippen molar-refractivity contribution in [2.75, 3.05) is 13.7 Å². The van der Waals surface area contributed by atoms with Crippen LogP contribution in [-0.2, 0) is 0 Å². The highest BCUT2D eigenvalue weighted by molar-refractivity contribution is 6.00. The first-order chi connectivity index (χ1) is 11.1. The Morgan fingerprint density at radius 2 is 1.57 bits per heavy atom. The zero-order chi connectivity index (χ0) is 16.7. The topological polar surface area (TPSA) is 59.9 Å². The average Bonchev–Trinajstić information content (AvgIpc) is 2.60. The van der Waals surface area contributed by atoms with E-state index >= 15 is 0 Å². The number of carbonyl (C=O) groups is 1. The zero-order valence-electron chi connectivity index (χ0n) is 13.5. The lowest BCUT2D eigenvalue weighted by molar-refractivity contribution is 0.0955. The lowest BCUT2D eigenvalue weighted by Gasteiger charge is -2.06. The molecule has 2 rings (SSSR count). The smallest absolute Gasteiger partial charge is 0.271 e. The van der Waals surface area contributed by atoms with Crippen LogP contribution in [0.15, 0.2) is 53.6 Å². The number of ether oxygens (including phenoxy) is 2. The molecule has 23 heavy (non-hydrogen) atoms. The second-order valence-corrected chi connectivity index (χ2v) is 4.82. The van der Waals surface area contributed by atoms with Gasteiger partial charge in [-0.25, -0.2) is 5.43 Å². The quantitative estimate of drug-likeness (QED) is 0.658. The molecule has 0 radical (unpaired) electrons. The number of hydrazone groups is 1. The largest absolute Gasteiger partial charge is 0.497 e.